The molecule has 138 valence electrons. The summed E-state index contributed by atoms with van der Waals surface area (Å²) in [4.78, 5) is 0. The van der Waals surface area contributed by atoms with Crippen molar-refractivity contribution in [1.82, 2.24) is 0 Å². The van der Waals surface area contributed by atoms with Crippen LogP contribution in [0.2, 0.25) is 0 Å². The van der Waals surface area contributed by atoms with Crippen LogP contribution in [0.25, 0.3) is 11.1 Å². The van der Waals surface area contributed by atoms with Crippen LogP contribution >= 0.6 is 0 Å². The van der Waals surface area contributed by atoms with Crippen molar-refractivity contribution >= 4 is 0 Å². The molecule has 0 saturated heterocycles. The van der Waals surface area contributed by atoms with Gasteiger partial charge in [0.15, 0.2) is 0 Å². The summed E-state index contributed by atoms with van der Waals surface area (Å²) in [6.45, 7) is 2.80. The zero-order valence-corrected chi connectivity index (χ0v) is 16.3. The summed E-state index contributed by atoms with van der Waals surface area (Å²) in [5.41, 5.74) is 5.33. The molecular weight excluding hydrogens is 316 g/mol. The van der Waals surface area contributed by atoms with E-state index < -0.39 is 0 Å². The Bertz CT molecular complexity index is 673. The van der Waals surface area contributed by atoms with E-state index in [9.17, 15) is 0 Å². The maximum Gasteiger partial charge on any atom is 0.0713 e. The maximum atomic E-state index is 5.19. The van der Waals surface area contributed by atoms with Gasteiger partial charge in [-0.05, 0) is 79.5 Å². The zero-order valence-electron chi connectivity index (χ0n) is 16.3. The molecule has 0 bridgehead atoms. The molecule has 0 amide bonds. The van der Waals surface area contributed by atoms with Gasteiger partial charge in [-0.3, -0.25) is 0 Å². The first kappa shape index (κ1) is 18.9. The average molecular weight is 349 g/mol. The summed E-state index contributed by atoms with van der Waals surface area (Å²) in [7, 11) is 1.74. The first-order valence-corrected chi connectivity index (χ1v) is 10.1. The van der Waals surface area contributed by atoms with Crippen LogP contribution in [0.4, 0.5) is 0 Å². The van der Waals surface area contributed by atoms with Crippen LogP contribution in [0.5, 0.6) is 0 Å². The van der Waals surface area contributed by atoms with Gasteiger partial charge >= 0.3 is 0 Å². The summed E-state index contributed by atoms with van der Waals surface area (Å²) < 4.78 is 5.19. The van der Waals surface area contributed by atoms with Gasteiger partial charge in [0.2, 0.25) is 0 Å². The van der Waals surface area contributed by atoms with Gasteiger partial charge in [0.25, 0.3) is 0 Å². The number of ether oxygens (including phenoxy) is 1. The molecule has 0 atom stereocenters. The number of hydrogen-bond acceptors (Lipinski definition) is 1. The minimum atomic E-state index is 0.677. The highest BCUT2D eigenvalue weighted by Crippen LogP contribution is 2.38. The molecule has 0 radical (unpaired) electrons. The SMILES string of the molecule is C/C=C/CC[C@H]1CC[C@H](c2ccc(-c3ccc(COC)cc3)cc2)CC1. The predicted octanol–water partition coefficient (Wildman–Crippen LogP) is 7.13. The minimum absolute atomic E-state index is 0.677. The number of hydrogen-bond donors (Lipinski definition) is 0. The van der Waals surface area contributed by atoms with Crippen LogP contribution in [-0.2, 0) is 11.3 Å². The van der Waals surface area contributed by atoms with E-state index in [0.717, 1.165) is 11.8 Å². The van der Waals surface area contributed by atoms with Crippen molar-refractivity contribution < 1.29 is 4.74 Å². The fraction of sp³-hybridized carbons (Fsp3) is 0.440. The first-order chi connectivity index (χ1) is 12.8. The van der Waals surface area contributed by atoms with Crippen molar-refractivity contribution in [2.75, 3.05) is 7.11 Å². The largest absolute Gasteiger partial charge is 0.380 e. The summed E-state index contributed by atoms with van der Waals surface area (Å²) in [6.07, 6.45) is 12.6. The van der Waals surface area contributed by atoms with E-state index in [0.29, 0.717) is 6.61 Å². The third kappa shape index (κ3) is 5.08. The van der Waals surface area contributed by atoms with Crippen molar-refractivity contribution in [2.24, 2.45) is 5.92 Å². The molecule has 2 aromatic rings. The van der Waals surface area contributed by atoms with Gasteiger partial charge in [-0.1, -0.05) is 60.7 Å². The van der Waals surface area contributed by atoms with Crippen LogP contribution in [0.3, 0.4) is 0 Å². The van der Waals surface area contributed by atoms with Gasteiger partial charge in [-0.25, -0.2) is 0 Å². The van der Waals surface area contributed by atoms with Crippen LogP contribution in [0.15, 0.2) is 60.7 Å². The molecule has 1 fully saturated rings. The standard InChI is InChI=1S/C25H32O/c1-3-4-5-6-20-7-11-22(12-8-20)24-15-17-25(18-16-24)23-13-9-21(10-14-23)19-26-2/h3-4,9-10,13-18,20,22H,5-8,11-12,19H2,1-2H3/b4-3+/t20-,22-. The molecule has 3 rings (SSSR count). The van der Waals surface area contributed by atoms with Gasteiger partial charge in [-0.15, -0.1) is 0 Å². The molecule has 0 spiro atoms. The Morgan fingerprint density at radius 2 is 1.50 bits per heavy atom. The van der Waals surface area contributed by atoms with Crippen molar-refractivity contribution in [1.29, 1.82) is 0 Å². The number of rotatable bonds is 7. The number of allylic oxidation sites excluding steroid dienone is 2. The average Bonchev–Trinajstić information content (AvgIpc) is 2.70. The summed E-state index contributed by atoms with van der Waals surface area (Å²) >= 11 is 0. The van der Waals surface area contributed by atoms with E-state index in [1.165, 1.54) is 60.8 Å². The van der Waals surface area contributed by atoms with Crippen molar-refractivity contribution in [3.63, 3.8) is 0 Å². The Labute approximate surface area is 159 Å². The number of methoxy groups -OCH3 is 1. The Morgan fingerprint density at radius 3 is 2.08 bits per heavy atom. The predicted molar refractivity (Wildman–Crippen MR) is 111 cm³/mol. The number of benzene rings is 2. The second-order valence-electron chi connectivity index (χ2n) is 7.62. The van der Waals surface area contributed by atoms with Crippen molar-refractivity contribution in [3.8, 4) is 11.1 Å². The van der Waals surface area contributed by atoms with E-state index in [1.54, 1.807) is 7.11 Å². The summed E-state index contributed by atoms with van der Waals surface area (Å²) in [5, 5.41) is 0. The lowest BCUT2D eigenvalue weighted by molar-refractivity contribution is 0.185. The van der Waals surface area contributed by atoms with Gasteiger partial charge in [-0.2, -0.15) is 0 Å². The topological polar surface area (TPSA) is 9.23 Å². The molecule has 1 saturated carbocycles. The lowest BCUT2D eigenvalue weighted by Crippen LogP contribution is -2.13. The first-order valence-electron chi connectivity index (χ1n) is 10.1. The molecule has 1 aliphatic carbocycles. The third-order valence-corrected chi connectivity index (χ3v) is 5.80. The quantitative estimate of drug-likeness (QED) is 0.484. The molecule has 0 unspecified atom stereocenters. The summed E-state index contributed by atoms with van der Waals surface area (Å²) in [6, 6.07) is 18.0. The summed E-state index contributed by atoms with van der Waals surface area (Å²) in [5.74, 6) is 1.69. The van der Waals surface area contributed by atoms with Crippen molar-refractivity contribution in [2.45, 2.75) is 58.0 Å². The molecular formula is C25H32O. The smallest absolute Gasteiger partial charge is 0.0713 e. The lowest BCUT2D eigenvalue weighted by atomic mass is 9.77. The second-order valence-corrected chi connectivity index (χ2v) is 7.62. The Morgan fingerprint density at radius 1 is 0.885 bits per heavy atom. The van der Waals surface area contributed by atoms with Crippen LogP contribution in [-0.4, -0.2) is 7.11 Å². The normalized spacial score (nSPS) is 20.5. The highest BCUT2D eigenvalue weighted by molar-refractivity contribution is 5.64. The van der Waals surface area contributed by atoms with E-state index in [-0.39, 0.29) is 0 Å². The molecule has 0 aromatic heterocycles. The van der Waals surface area contributed by atoms with E-state index >= 15 is 0 Å². The minimum Gasteiger partial charge on any atom is -0.380 e. The zero-order chi connectivity index (χ0) is 18.2. The third-order valence-electron chi connectivity index (χ3n) is 5.80. The monoisotopic (exact) mass is 348 g/mol. The van der Waals surface area contributed by atoms with Crippen molar-refractivity contribution in [3.05, 3.63) is 71.8 Å². The Hall–Kier alpha value is -1.86. The van der Waals surface area contributed by atoms with E-state index in [1.807, 2.05) is 0 Å². The Kier molecular flexibility index (Phi) is 7.08. The molecule has 26 heavy (non-hydrogen) atoms. The fourth-order valence-electron chi connectivity index (χ4n) is 4.19. The molecule has 0 aliphatic heterocycles. The van der Waals surface area contributed by atoms with Crippen LogP contribution < -0.4 is 0 Å². The molecule has 0 heterocycles. The highest BCUT2D eigenvalue weighted by Gasteiger charge is 2.21. The molecule has 1 aliphatic rings. The van der Waals surface area contributed by atoms with Gasteiger partial charge in [0.05, 0.1) is 6.61 Å². The fourth-order valence-corrected chi connectivity index (χ4v) is 4.19. The lowest BCUT2D eigenvalue weighted by Gasteiger charge is -2.28. The second kappa shape index (κ2) is 9.73. The van der Waals surface area contributed by atoms with E-state index in [2.05, 4.69) is 67.6 Å². The van der Waals surface area contributed by atoms with E-state index in [4.69, 9.17) is 4.74 Å². The molecule has 2 aromatic carbocycles. The van der Waals surface area contributed by atoms with Gasteiger partial charge < -0.3 is 4.74 Å². The highest BCUT2D eigenvalue weighted by atomic mass is 16.5. The van der Waals surface area contributed by atoms with Gasteiger partial charge in [0.1, 0.15) is 0 Å². The molecule has 0 N–H and O–H groups in total. The van der Waals surface area contributed by atoms with Crippen LogP contribution in [0.1, 0.15) is 62.5 Å². The van der Waals surface area contributed by atoms with Gasteiger partial charge in [0, 0.05) is 7.11 Å². The molecule has 1 nitrogen and oxygen atoms in total. The van der Waals surface area contributed by atoms with Crippen LogP contribution in [0, 0.1) is 5.92 Å². The Balaban J connectivity index is 1.56. The maximum absolute atomic E-state index is 5.19. The molecule has 1 heteroatoms.